The minimum Gasteiger partial charge on any atom is -0.475 e. The highest BCUT2D eigenvalue weighted by molar-refractivity contribution is 5.73. The summed E-state index contributed by atoms with van der Waals surface area (Å²) in [5.74, 6) is -1.68. The number of aromatic nitrogens is 3. The van der Waals surface area contributed by atoms with Crippen molar-refractivity contribution in [2.45, 2.75) is 24.9 Å². The summed E-state index contributed by atoms with van der Waals surface area (Å²) in [4.78, 5) is 12.9. The molecule has 0 amide bonds. The molecule has 4 N–H and O–H groups in total. The van der Waals surface area contributed by atoms with Gasteiger partial charge in [-0.15, -0.1) is 0 Å². The first-order valence-electron chi connectivity index (χ1n) is 6.89. The number of alkyl halides is 3. The number of hydrogen-bond donors (Lipinski definition) is 3. The third kappa shape index (κ3) is 4.09. The van der Waals surface area contributed by atoms with Crippen LogP contribution in [0.15, 0.2) is 18.5 Å². The fourth-order valence-corrected chi connectivity index (χ4v) is 2.39. The maximum absolute atomic E-state index is 10.6. The van der Waals surface area contributed by atoms with Gasteiger partial charge in [-0.25, -0.2) is 14.3 Å². The number of nitrogens with two attached hydrogens (primary N) is 1. The third-order valence-electron chi connectivity index (χ3n) is 3.47. The number of carboxylic acids is 1. The van der Waals surface area contributed by atoms with Gasteiger partial charge in [-0.05, 0) is 31.5 Å². The first-order chi connectivity index (χ1) is 10.8. The van der Waals surface area contributed by atoms with E-state index >= 15 is 0 Å². The van der Waals surface area contributed by atoms with Crippen molar-refractivity contribution in [2.75, 3.05) is 18.8 Å². The van der Waals surface area contributed by atoms with Crippen LogP contribution in [0.2, 0.25) is 0 Å². The number of hydrogen-bond acceptors (Lipinski definition) is 5. The minimum atomic E-state index is -5.08. The molecule has 1 aliphatic heterocycles. The van der Waals surface area contributed by atoms with Gasteiger partial charge in [-0.2, -0.15) is 18.3 Å². The summed E-state index contributed by atoms with van der Waals surface area (Å²) in [5, 5.41) is 14.8. The van der Waals surface area contributed by atoms with Crippen molar-refractivity contribution in [3.63, 3.8) is 0 Å². The zero-order valence-corrected chi connectivity index (χ0v) is 12.0. The molecule has 1 saturated heterocycles. The highest BCUT2D eigenvalue weighted by Gasteiger charge is 2.38. The lowest BCUT2D eigenvalue weighted by atomic mass is 9.96. The second-order valence-corrected chi connectivity index (χ2v) is 5.05. The number of carbonyl (C=O) groups is 1. The zero-order valence-electron chi connectivity index (χ0n) is 12.0. The van der Waals surface area contributed by atoms with E-state index in [-0.39, 0.29) is 0 Å². The Labute approximate surface area is 129 Å². The van der Waals surface area contributed by atoms with Crippen molar-refractivity contribution in [3.8, 4) is 0 Å². The van der Waals surface area contributed by atoms with E-state index in [0.29, 0.717) is 11.7 Å². The summed E-state index contributed by atoms with van der Waals surface area (Å²) in [7, 11) is 0. The van der Waals surface area contributed by atoms with Crippen LogP contribution in [0.5, 0.6) is 0 Å². The standard InChI is InChI=1S/C11H15N5.C2HF3O2/c12-11-10-4-3-9(16(10)15-7-14-11)8-2-1-5-13-6-8;3-2(4,5)1(6)7/h3-4,7-8,13H,1-2,5-6H2,(H2,12,14,15);(H,6,7)/t8-;/m1./s1. The molecule has 2 aromatic heterocycles. The zero-order chi connectivity index (χ0) is 17.0. The van der Waals surface area contributed by atoms with Crippen LogP contribution in [0.25, 0.3) is 5.52 Å². The van der Waals surface area contributed by atoms with Crippen molar-refractivity contribution in [1.82, 2.24) is 19.9 Å². The number of fused-ring (bicyclic) bond motifs is 1. The summed E-state index contributed by atoms with van der Waals surface area (Å²) in [5.41, 5.74) is 7.95. The molecule has 3 rings (SSSR count). The summed E-state index contributed by atoms with van der Waals surface area (Å²) in [6.45, 7) is 2.15. The van der Waals surface area contributed by atoms with E-state index in [4.69, 9.17) is 15.6 Å². The lowest BCUT2D eigenvalue weighted by Crippen LogP contribution is -2.29. The van der Waals surface area contributed by atoms with Crippen LogP contribution in [-0.2, 0) is 4.79 Å². The summed E-state index contributed by atoms with van der Waals surface area (Å²) in [6.07, 6.45) is -1.14. The number of piperidine rings is 1. The van der Waals surface area contributed by atoms with Gasteiger partial charge in [0.2, 0.25) is 0 Å². The largest absolute Gasteiger partial charge is 0.490 e. The van der Waals surface area contributed by atoms with Crippen LogP contribution in [0.1, 0.15) is 24.5 Å². The monoisotopic (exact) mass is 331 g/mol. The Morgan fingerprint density at radius 3 is 2.70 bits per heavy atom. The van der Waals surface area contributed by atoms with Crippen LogP contribution in [-0.4, -0.2) is 44.9 Å². The van der Waals surface area contributed by atoms with E-state index in [9.17, 15) is 13.2 Å². The van der Waals surface area contributed by atoms with E-state index in [1.165, 1.54) is 24.9 Å². The van der Waals surface area contributed by atoms with Gasteiger partial charge in [0.05, 0.1) is 0 Å². The predicted molar refractivity (Wildman–Crippen MR) is 75.9 cm³/mol. The molecular formula is C13H16F3N5O2. The van der Waals surface area contributed by atoms with Gasteiger partial charge in [0.25, 0.3) is 0 Å². The molecule has 126 valence electrons. The van der Waals surface area contributed by atoms with Gasteiger partial charge in [0, 0.05) is 18.2 Å². The predicted octanol–water partition coefficient (Wildman–Crippen LogP) is 1.41. The van der Waals surface area contributed by atoms with Crippen molar-refractivity contribution < 1.29 is 23.1 Å². The third-order valence-corrected chi connectivity index (χ3v) is 3.47. The molecule has 1 aliphatic rings. The van der Waals surface area contributed by atoms with Gasteiger partial charge in [0.1, 0.15) is 11.8 Å². The Bertz CT molecular complexity index is 680. The van der Waals surface area contributed by atoms with Crippen LogP contribution in [0, 0.1) is 0 Å². The lowest BCUT2D eigenvalue weighted by molar-refractivity contribution is -0.192. The van der Waals surface area contributed by atoms with E-state index in [0.717, 1.165) is 18.6 Å². The van der Waals surface area contributed by atoms with Gasteiger partial charge < -0.3 is 16.2 Å². The average Bonchev–Trinajstić information content (AvgIpc) is 2.93. The molecule has 0 unspecified atom stereocenters. The van der Waals surface area contributed by atoms with E-state index < -0.39 is 12.1 Å². The smallest absolute Gasteiger partial charge is 0.475 e. The first kappa shape index (κ1) is 17.0. The summed E-state index contributed by atoms with van der Waals surface area (Å²) < 4.78 is 33.7. The molecule has 1 atom stereocenters. The van der Waals surface area contributed by atoms with E-state index in [1.807, 2.05) is 10.6 Å². The van der Waals surface area contributed by atoms with Gasteiger partial charge in [-0.3, -0.25) is 0 Å². The van der Waals surface area contributed by atoms with Crippen molar-refractivity contribution in [3.05, 3.63) is 24.2 Å². The van der Waals surface area contributed by atoms with Crippen LogP contribution < -0.4 is 11.1 Å². The number of rotatable bonds is 1. The molecular weight excluding hydrogens is 315 g/mol. The topological polar surface area (TPSA) is 106 Å². The lowest BCUT2D eigenvalue weighted by Gasteiger charge is -2.22. The number of anilines is 1. The Hall–Kier alpha value is -2.36. The summed E-state index contributed by atoms with van der Waals surface area (Å²) in [6, 6.07) is 4.11. The van der Waals surface area contributed by atoms with Gasteiger partial charge >= 0.3 is 12.1 Å². The molecule has 0 spiro atoms. The Balaban J connectivity index is 0.000000236. The van der Waals surface area contributed by atoms with Crippen molar-refractivity contribution in [1.29, 1.82) is 0 Å². The number of nitrogens with zero attached hydrogens (tertiary/aromatic N) is 3. The second-order valence-electron chi connectivity index (χ2n) is 5.05. The molecule has 0 aromatic carbocycles. The van der Waals surface area contributed by atoms with Gasteiger partial charge in [-0.1, -0.05) is 0 Å². The second kappa shape index (κ2) is 6.82. The maximum Gasteiger partial charge on any atom is 0.490 e. The molecule has 0 radical (unpaired) electrons. The number of halogens is 3. The normalized spacial score (nSPS) is 18.3. The van der Waals surface area contributed by atoms with Crippen LogP contribution in [0.4, 0.5) is 19.0 Å². The van der Waals surface area contributed by atoms with E-state index in [1.54, 1.807) is 0 Å². The fourth-order valence-electron chi connectivity index (χ4n) is 2.39. The molecule has 3 heterocycles. The van der Waals surface area contributed by atoms with Crippen molar-refractivity contribution >= 4 is 17.3 Å². The fraction of sp³-hybridized carbons (Fsp3) is 0.462. The quantitative estimate of drug-likeness (QED) is 0.730. The average molecular weight is 331 g/mol. The molecule has 0 bridgehead atoms. The molecule has 0 aliphatic carbocycles. The first-order valence-corrected chi connectivity index (χ1v) is 6.89. The number of aliphatic carboxylic acids is 1. The Morgan fingerprint density at radius 2 is 2.13 bits per heavy atom. The maximum atomic E-state index is 10.6. The Kier molecular flexibility index (Phi) is 5.04. The Morgan fingerprint density at radius 1 is 1.43 bits per heavy atom. The minimum absolute atomic E-state index is 0.533. The highest BCUT2D eigenvalue weighted by Crippen LogP contribution is 2.25. The van der Waals surface area contributed by atoms with Crippen LogP contribution >= 0.6 is 0 Å². The summed E-state index contributed by atoms with van der Waals surface area (Å²) >= 11 is 0. The van der Waals surface area contributed by atoms with Gasteiger partial charge in [0.15, 0.2) is 5.82 Å². The molecule has 0 saturated carbocycles. The molecule has 23 heavy (non-hydrogen) atoms. The number of carboxylic acid groups (broad SMARTS) is 1. The van der Waals surface area contributed by atoms with Crippen LogP contribution in [0.3, 0.4) is 0 Å². The SMILES string of the molecule is Nc1ncnn2c([C@@H]3CCCNC3)ccc12.O=C(O)C(F)(F)F. The molecule has 2 aromatic rings. The number of nitrogens with one attached hydrogen (secondary N) is 1. The highest BCUT2D eigenvalue weighted by atomic mass is 19.4. The molecule has 7 nitrogen and oxygen atoms in total. The molecule has 1 fully saturated rings. The number of nitrogen functional groups attached to an aromatic ring is 1. The van der Waals surface area contributed by atoms with Crippen molar-refractivity contribution in [2.24, 2.45) is 0 Å². The van der Waals surface area contributed by atoms with E-state index in [2.05, 4.69) is 21.5 Å². The molecule has 10 heteroatoms.